The second kappa shape index (κ2) is 9.02. The molecular formula is C21H24N6OS. The number of Topliss-reactive ketones (excluding diaryl/α,β-unsaturated/α-hetero) is 1. The van der Waals surface area contributed by atoms with E-state index in [9.17, 15) is 4.79 Å². The highest BCUT2D eigenvalue weighted by atomic mass is 32.1. The molecule has 2 aromatic heterocycles. The second-order valence-corrected chi connectivity index (χ2v) is 7.92. The summed E-state index contributed by atoms with van der Waals surface area (Å²) < 4.78 is 0. The molecule has 1 aromatic carbocycles. The van der Waals surface area contributed by atoms with Crippen LogP contribution in [0.5, 0.6) is 0 Å². The number of ketones is 1. The summed E-state index contributed by atoms with van der Waals surface area (Å²) in [6.45, 7) is 6.21. The number of nitrogens with zero attached hydrogens (tertiary/aromatic N) is 3. The van der Waals surface area contributed by atoms with Crippen molar-refractivity contribution < 1.29 is 4.79 Å². The van der Waals surface area contributed by atoms with Crippen LogP contribution in [0.1, 0.15) is 22.3 Å². The van der Waals surface area contributed by atoms with Gasteiger partial charge in [0.05, 0.1) is 5.69 Å². The Morgan fingerprint density at radius 2 is 1.97 bits per heavy atom. The molecular weight excluding hydrogens is 384 g/mol. The molecule has 1 saturated heterocycles. The summed E-state index contributed by atoms with van der Waals surface area (Å²) in [5.41, 5.74) is 3.17. The lowest BCUT2D eigenvalue weighted by Crippen LogP contribution is -2.43. The van der Waals surface area contributed by atoms with Crippen molar-refractivity contribution in [3.8, 4) is 0 Å². The van der Waals surface area contributed by atoms with Gasteiger partial charge in [0, 0.05) is 62.0 Å². The molecule has 8 heteroatoms. The van der Waals surface area contributed by atoms with E-state index in [2.05, 4.69) is 49.2 Å². The standard InChI is InChI=1S/C21H24N6OS/c1-15(28)21-19(23-14-18-3-2-12-29-18)13-20(25-26-21)24-16-4-6-17(7-5-16)27-10-8-22-9-11-27/h2-7,12-13,22H,8-11,14H2,1H3,(H2,23,24,25). The average Bonchev–Trinajstić information content (AvgIpc) is 3.27. The fraction of sp³-hybridized carbons (Fsp3) is 0.286. The normalized spacial score (nSPS) is 13.9. The molecule has 7 nitrogen and oxygen atoms in total. The fourth-order valence-corrected chi connectivity index (χ4v) is 3.91. The van der Waals surface area contributed by atoms with Gasteiger partial charge < -0.3 is 20.9 Å². The van der Waals surface area contributed by atoms with Crippen LogP contribution < -0.4 is 20.9 Å². The monoisotopic (exact) mass is 408 g/mol. The number of nitrogens with one attached hydrogen (secondary N) is 3. The number of carbonyl (C=O) groups is 1. The Morgan fingerprint density at radius 3 is 2.66 bits per heavy atom. The van der Waals surface area contributed by atoms with Crippen LogP contribution in [0.2, 0.25) is 0 Å². The number of hydrogen-bond acceptors (Lipinski definition) is 8. The minimum Gasteiger partial charge on any atom is -0.378 e. The fourth-order valence-electron chi connectivity index (χ4n) is 3.27. The highest BCUT2D eigenvalue weighted by Gasteiger charge is 2.13. The first-order valence-electron chi connectivity index (χ1n) is 9.67. The smallest absolute Gasteiger partial charge is 0.182 e. The number of benzene rings is 1. The summed E-state index contributed by atoms with van der Waals surface area (Å²) in [4.78, 5) is 15.5. The molecule has 0 aliphatic carbocycles. The van der Waals surface area contributed by atoms with Gasteiger partial charge in [-0.25, -0.2) is 0 Å². The zero-order valence-electron chi connectivity index (χ0n) is 16.3. The molecule has 3 heterocycles. The highest BCUT2D eigenvalue weighted by Crippen LogP contribution is 2.24. The molecule has 29 heavy (non-hydrogen) atoms. The van der Waals surface area contributed by atoms with Gasteiger partial charge in [-0.15, -0.1) is 21.5 Å². The van der Waals surface area contributed by atoms with Gasteiger partial charge in [-0.05, 0) is 35.7 Å². The summed E-state index contributed by atoms with van der Waals surface area (Å²) in [5.74, 6) is 0.483. The Kier molecular flexibility index (Phi) is 6.02. The first-order valence-corrected chi connectivity index (χ1v) is 10.5. The van der Waals surface area contributed by atoms with Crippen molar-refractivity contribution in [2.45, 2.75) is 13.5 Å². The van der Waals surface area contributed by atoms with Gasteiger partial charge in [0.15, 0.2) is 17.3 Å². The van der Waals surface area contributed by atoms with E-state index in [0.717, 1.165) is 31.9 Å². The Bertz CT molecular complexity index is 952. The van der Waals surface area contributed by atoms with E-state index in [4.69, 9.17) is 0 Å². The molecule has 0 radical (unpaired) electrons. The van der Waals surface area contributed by atoms with Crippen LogP contribution in [0.25, 0.3) is 0 Å². The summed E-state index contributed by atoms with van der Waals surface area (Å²) >= 11 is 1.67. The van der Waals surface area contributed by atoms with Crippen LogP contribution >= 0.6 is 11.3 Å². The maximum Gasteiger partial charge on any atom is 0.182 e. The minimum atomic E-state index is -0.113. The molecule has 150 valence electrons. The van der Waals surface area contributed by atoms with Gasteiger partial charge in [0.1, 0.15) is 0 Å². The molecule has 1 aliphatic rings. The average molecular weight is 409 g/mol. The van der Waals surface area contributed by atoms with E-state index in [1.807, 2.05) is 29.6 Å². The van der Waals surface area contributed by atoms with Crippen molar-refractivity contribution >= 4 is 40.0 Å². The predicted octanol–water partition coefficient (Wildman–Crippen LogP) is 3.51. The number of thiophene rings is 1. The third-order valence-electron chi connectivity index (χ3n) is 4.78. The molecule has 0 amide bonds. The van der Waals surface area contributed by atoms with Crippen molar-refractivity contribution in [1.29, 1.82) is 0 Å². The van der Waals surface area contributed by atoms with Crippen molar-refractivity contribution in [2.24, 2.45) is 0 Å². The van der Waals surface area contributed by atoms with Crippen LogP contribution in [-0.4, -0.2) is 42.2 Å². The van der Waals surface area contributed by atoms with Crippen molar-refractivity contribution in [3.05, 3.63) is 58.4 Å². The SMILES string of the molecule is CC(=O)c1nnc(Nc2ccc(N3CCNCC3)cc2)cc1NCc1cccs1. The molecule has 0 spiro atoms. The number of aromatic nitrogens is 2. The van der Waals surface area contributed by atoms with Crippen LogP contribution in [-0.2, 0) is 6.54 Å². The van der Waals surface area contributed by atoms with Gasteiger partial charge in [-0.1, -0.05) is 6.07 Å². The zero-order chi connectivity index (χ0) is 20.1. The molecule has 0 unspecified atom stereocenters. The maximum absolute atomic E-state index is 11.9. The lowest BCUT2D eigenvalue weighted by atomic mass is 10.2. The highest BCUT2D eigenvalue weighted by molar-refractivity contribution is 7.09. The summed E-state index contributed by atoms with van der Waals surface area (Å²) in [6, 6.07) is 14.2. The van der Waals surface area contributed by atoms with Crippen molar-refractivity contribution in [3.63, 3.8) is 0 Å². The van der Waals surface area contributed by atoms with Crippen LogP contribution in [0.15, 0.2) is 47.8 Å². The number of carbonyl (C=O) groups excluding carboxylic acids is 1. The number of anilines is 4. The van der Waals surface area contributed by atoms with Gasteiger partial charge in [0.25, 0.3) is 0 Å². The lowest BCUT2D eigenvalue weighted by Gasteiger charge is -2.29. The van der Waals surface area contributed by atoms with E-state index in [1.54, 1.807) is 11.3 Å². The quantitative estimate of drug-likeness (QED) is 0.516. The molecule has 0 bridgehead atoms. The van der Waals surface area contributed by atoms with Crippen LogP contribution in [0.3, 0.4) is 0 Å². The summed E-state index contributed by atoms with van der Waals surface area (Å²) in [5, 5.41) is 20.3. The van der Waals surface area contributed by atoms with E-state index in [0.29, 0.717) is 23.7 Å². The predicted molar refractivity (Wildman–Crippen MR) is 118 cm³/mol. The molecule has 1 fully saturated rings. The largest absolute Gasteiger partial charge is 0.378 e. The first kappa shape index (κ1) is 19.4. The first-order chi connectivity index (χ1) is 14.2. The molecule has 3 N–H and O–H groups in total. The van der Waals surface area contributed by atoms with E-state index in [-0.39, 0.29) is 5.78 Å². The third-order valence-corrected chi connectivity index (χ3v) is 5.66. The van der Waals surface area contributed by atoms with E-state index >= 15 is 0 Å². The maximum atomic E-state index is 11.9. The number of piperazine rings is 1. The Balaban J connectivity index is 1.47. The summed E-state index contributed by atoms with van der Waals surface area (Å²) in [7, 11) is 0. The van der Waals surface area contributed by atoms with Crippen molar-refractivity contribution in [1.82, 2.24) is 15.5 Å². The van der Waals surface area contributed by atoms with Crippen LogP contribution in [0.4, 0.5) is 22.9 Å². The van der Waals surface area contributed by atoms with Gasteiger partial charge in [0.2, 0.25) is 0 Å². The molecule has 1 aliphatic heterocycles. The topological polar surface area (TPSA) is 82.2 Å². The Hall–Kier alpha value is -2.97. The number of hydrogen-bond donors (Lipinski definition) is 3. The molecule has 4 rings (SSSR count). The van der Waals surface area contributed by atoms with E-state index in [1.165, 1.54) is 17.5 Å². The van der Waals surface area contributed by atoms with Gasteiger partial charge in [-0.3, -0.25) is 4.79 Å². The number of rotatable bonds is 7. The Labute approximate surface area is 174 Å². The van der Waals surface area contributed by atoms with Gasteiger partial charge in [-0.2, -0.15) is 0 Å². The lowest BCUT2D eigenvalue weighted by molar-refractivity contribution is 0.101. The molecule has 3 aromatic rings. The third kappa shape index (κ3) is 4.90. The molecule has 0 atom stereocenters. The van der Waals surface area contributed by atoms with Crippen LogP contribution in [0, 0.1) is 0 Å². The molecule has 0 saturated carbocycles. The van der Waals surface area contributed by atoms with Gasteiger partial charge >= 0.3 is 0 Å². The Morgan fingerprint density at radius 1 is 1.17 bits per heavy atom. The minimum absolute atomic E-state index is 0.113. The van der Waals surface area contributed by atoms with Crippen molar-refractivity contribution in [2.75, 3.05) is 41.7 Å². The second-order valence-electron chi connectivity index (χ2n) is 6.89. The zero-order valence-corrected chi connectivity index (χ0v) is 17.1. The summed E-state index contributed by atoms with van der Waals surface area (Å²) in [6.07, 6.45) is 0. The van der Waals surface area contributed by atoms with E-state index < -0.39 is 0 Å².